The van der Waals surface area contributed by atoms with Crippen molar-refractivity contribution in [1.29, 1.82) is 0 Å². The lowest BCUT2D eigenvalue weighted by atomic mass is 10.1. The molecule has 0 unspecified atom stereocenters. The van der Waals surface area contributed by atoms with Gasteiger partial charge < -0.3 is 20.8 Å². The molecule has 4 N–H and O–H groups in total. The molecule has 29 heavy (non-hydrogen) atoms. The lowest BCUT2D eigenvalue weighted by Crippen LogP contribution is -2.36. The Kier molecular flexibility index (Phi) is 5.20. The minimum absolute atomic E-state index is 0.0166. The normalized spacial score (nSPS) is 22.9. The molecule has 1 aliphatic heterocycles. The molecule has 2 aromatic rings. The third-order valence-electron chi connectivity index (χ3n) is 5.11. The summed E-state index contributed by atoms with van der Waals surface area (Å²) in [5.41, 5.74) is 1.03. The van der Waals surface area contributed by atoms with Crippen LogP contribution in [0.4, 0.5) is 14.6 Å². The zero-order chi connectivity index (χ0) is 20.5. The second-order valence-electron chi connectivity index (χ2n) is 7.01. The van der Waals surface area contributed by atoms with Gasteiger partial charge in [0.2, 0.25) is 0 Å². The minimum atomic E-state index is -0.952. The molecule has 2 aliphatic rings. The van der Waals surface area contributed by atoms with E-state index in [2.05, 4.69) is 25.6 Å². The van der Waals surface area contributed by atoms with E-state index in [1.165, 1.54) is 6.33 Å². The van der Waals surface area contributed by atoms with E-state index in [0.29, 0.717) is 29.9 Å². The summed E-state index contributed by atoms with van der Waals surface area (Å²) in [7, 11) is 0. The van der Waals surface area contributed by atoms with Crippen LogP contribution in [0.2, 0.25) is 0 Å². The first-order valence-electron chi connectivity index (χ1n) is 9.17. The van der Waals surface area contributed by atoms with Crippen LogP contribution in [0.1, 0.15) is 29.7 Å². The Morgan fingerprint density at radius 1 is 1.21 bits per heavy atom. The molecule has 152 valence electrons. The molecule has 1 saturated carbocycles. The molecular weight excluding hydrogens is 384 g/mol. The van der Waals surface area contributed by atoms with Crippen LogP contribution in [0.25, 0.3) is 0 Å². The van der Waals surface area contributed by atoms with Crippen molar-refractivity contribution < 1.29 is 23.8 Å². The molecule has 0 saturated heterocycles. The van der Waals surface area contributed by atoms with Gasteiger partial charge in [-0.15, -0.1) is 0 Å². The number of carbonyl (C=O) groups is 1. The van der Waals surface area contributed by atoms with E-state index in [9.17, 15) is 23.8 Å². The van der Waals surface area contributed by atoms with Crippen molar-refractivity contribution in [2.45, 2.75) is 44.2 Å². The number of nitrogens with one attached hydrogen (secondary N) is 2. The number of aliphatic hydroxyl groups excluding tert-OH is 2. The Balaban J connectivity index is 1.51. The van der Waals surface area contributed by atoms with Crippen molar-refractivity contribution in [1.82, 2.24) is 15.3 Å². The fourth-order valence-electron chi connectivity index (χ4n) is 3.55. The third kappa shape index (κ3) is 3.81. The standard InChI is InChI=1S/C19H19F2N5O3/c20-10-1-2-11(21)9(5-10)6-23-19(29)16-15-13(7-22-16)24-8-25-18(15)26-12-3-4-14(27)17(12)28/h1-2,5,8,12,14,17,27-28H,3-4,6-7H2,(H,23,29)(H,24,25,26)/t12-,14+,17-/m1/s1. The average Bonchev–Trinajstić information content (AvgIpc) is 3.28. The molecule has 1 aliphatic carbocycles. The average molecular weight is 403 g/mol. The van der Waals surface area contributed by atoms with Crippen molar-refractivity contribution in [2.75, 3.05) is 5.32 Å². The van der Waals surface area contributed by atoms with Crippen molar-refractivity contribution in [3.63, 3.8) is 0 Å². The predicted octanol–water partition coefficient (Wildman–Crippen LogP) is 0.670. The van der Waals surface area contributed by atoms with Crippen LogP contribution in [-0.4, -0.2) is 50.0 Å². The zero-order valence-electron chi connectivity index (χ0n) is 15.3. The number of fused-ring (bicyclic) bond motifs is 1. The number of aliphatic imine (C=N–C) groups is 1. The number of aromatic nitrogens is 2. The first kappa shape index (κ1) is 19.3. The maximum atomic E-state index is 13.8. The van der Waals surface area contributed by atoms with Gasteiger partial charge >= 0.3 is 0 Å². The molecule has 8 nitrogen and oxygen atoms in total. The van der Waals surface area contributed by atoms with E-state index in [4.69, 9.17) is 0 Å². The molecule has 0 spiro atoms. The Morgan fingerprint density at radius 2 is 2.03 bits per heavy atom. The summed E-state index contributed by atoms with van der Waals surface area (Å²) >= 11 is 0. The van der Waals surface area contributed by atoms with Gasteiger partial charge in [0.05, 0.1) is 36.1 Å². The number of hydrogen-bond acceptors (Lipinski definition) is 7. The van der Waals surface area contributed by atoms with Crippen LogP contribution >= 0.6 is 0 Å². The van der Waals surface area contributed by atoms with Crippen LogP contribution in [0.15, 0.2) is 29.5 Å². The Labute approximate surface area is 164 Å². The summed E-state index contributed by atoms with van der Waals surface area (Å²) in [4.78, 5) is 25.2. The van der Waals surface area contributed by atoms with Gasteiger partial charge in [-0.05, 0) is 31.0 Å². The van der Waals surface area contributed by atoms with Gasteiger partial charge in [0, 0.05) is 12.1 Å². The van der Waals surface area contributed by atoms with E-state index in [1.807, 2.05) is 0 Å². The van der Waals surface area contributed by atoms with Crippen LogP contribution in [0.3, 0.4) is 0 Å². The van der Waals surface area contributed by atoms with E-state index < -0.39 is 35.8 Å². The number of rotatable bonds is 5. The number of hydrogen-bond donors (Lipinski definition) is 4. The molecule has 0 radical (unpaired) electrons. The predicted molar refractivity (Wildman–Crippen MR) is 99.1 cm³/mol. The maximum Gasteiger partial charge on any atom is 0.270 e. The zero-order valence-corrected chi connectivity index (χ0v) is 15.3. The molecule has 10 heteroatoms. The molecular formula is C19H19F2N5O3. The van der Waals surface area contributed by atoms with Gasteiger partial charge in [-0.3, -0.25) is 9.79 Å². The van der Waals surface area contributed by atoms with Gasteiger partial charge in [0.1, 0.15) is 29.5 Å². The Morgan fingerprint density at radius 3 is 2.79 bits per heavy atom. The number of halogens is 2. The van der Waals surface area contributed by atoms with Gasteiger partial charge in [-0.1, -0.05) is 0 Å². The Bertz CT molecular complexity index is 984. The van der Waals surface area contributed by atoms with Crippen LogP contribution in [0, 0.1) is 11.6 Å². The van der Waals surface area contributed by atoms with Crippen molar-refractivity contribution >= 4 is 17.4 Å². The smallest absolute Gasteiger partial charge is 0.270 e. The highest BCUT2D eigenvalue weighted by molar-refractivity contribution is 6.47. The van der Waals surface area contributed by atoms with Crippen LogP contribution < -0.4 is 10.6 Å². The van der Waals surface area contributed by atoms with Gasteiger partial charge in [-0.2, -0.15) is 0 Å². The number of amides is 1. The summed E-state index contributed by atoms with van der Waals surface area (Å²) in [6.07, 6.45) is 0.551. The fraction of sp³-hybridized carbons (Fsp3) is 0.368. The molecule has 4 rings (SSSR count). The van der Waals surface area contributed by atoms with Crippen LogP contribution in [-0.2, 0) is 17.9 Å². The topological polar surface area (TPSA) is 120 Å². The van der Waals surface area contributed by atoms with Crippen molar-refractivity contribution in [3.8, 4) is 0 Å². The number of benzene rings is 1. The summed E-state index contributed by atoms with van der Waals surface area (Å²) < 4.78 is 27.1. The molecule has 0 bridgehead atoms. The minimum Gasteiger partial charge on any atom is -0.390 e. The lowest BCUT2D eigenvalue weighted by molar-refractivity contribution is -0.114. The summed E-state index contributed by atoms with van der Waals surface area (Å²) in [5.74, 6) is -1.47. The summed E-state index contributed by atoms with van der Waals surface area (Å²) in [6, 6.07) is 2.59. The van der Waals surface area contributed by atoms with Gasteiger partial charge in [0.25, 0.3) is 5.91 Å². The fourth-order valence-corrected chi connectivity index (χ4v) is 3.55. The van der Waals surface area contributed by atoms with E-state index in [1.54, 1.807) is 0 Å². The quantitative estimate of drug-likeness (QED) is 0.583. The largest absolute Gasteiger partial charge is 0.390 e. The number of aliphatic hydroxyl groups is 2. The highest BCUT2D eigenvalue weighted by atomic mass is 19.1. The number of anilines is 1. The maximum absolute atomic E-state index is 13.8. The van der Waals surface area contributed by atoms with Crippen molar-refractivity contribution in [2.24, 2.45) is 4.99 Å². The highest BCUT2D eigenvalue weighted by Crippen LogP contribution is 2.28. The molecule has 1 aromatic heterocycles. The number of nitrogens with zero attached hydrogens (tertiary/aromatic N) is 3. The SMILES string of the molecule is O=C(NCc1cc(F)ccc1F)C1=NCc2ncnc(N[C@@H]3CC[C@H](O)[C@@H]3O)c21. The first-order valence-corrected chi connectivity index (χ1v) is 9.17. The van der Waals surface area contributed by atoms with Crippen LogP contribution in [0.5, 0.6) is 0 Å². The second-order valence-corrected chi connectivity index (χ2v) is 7.01. The number of carbonyl (C=O) groups excluding carboxylic acids is 1. The molecule has 1 aromatic carbocycles. The highest BCUT2D eigenvalue weighted by Gasteiger charge is 2.35. The van der Waals surface area contributed by atoms with E-state index in [-0.39, 0.29) is 24.4 Å². The second kappa shape index (κ2) is 7.80. The molecule has 2 heterocycles. The van der Waals surface area contributed by atoms with Gasteiger partial charge in [-0.25, -0.2) is 18.7 Å². The third-order valence-corrected chi connectivity index (χ3v) is 5.11. The lowest BCUT2D eigenvalue weighted by Gasteiger charge is -2.20. The van der Waals surface area contributed by atoms with E-state index >= 15 is 0 Å². The Hall–Kier alpha value is -2.98. The molecule has 3 atom stereocenters. The molecule has 1 amide bonds. The van der Waals surface area contributed by atoms with Gasteiger partial charge in [0.15, 0.2) is 0 Å². The summed E-state index contributed by atoms with van der Waals surface area (Å²) in [5, 5.41) is 25.4. The summed E-state index contributed by atoms with van der Waals surface area (Å²) in [6.45, 7) is -0.0276. The van der Waals surface area contributed by atoms with E-state index in [0.717, 1.165) is 18.2 Å². The first-order chi connectivity index (χ1) is 13.9. The van der Waals surface area contributed by atoms with Crippen molar-refractivity contribution in [3.05, 3.63) is 53.0 Å². The molecule has 1 fully saturated rings. The monoisotopic (exact) mass is 403 g/mol.